The smallest absolute Gasteiger partial charge is 0.387 e. The van der Waals surface area contributed by atoms with Crippen molar-refractivity contribution in [3.8, 4) is 16.9 Å². The van der Waals surface area contributed by atoms with Gasteiger partial charge in [-0.25, -0.2) is 9.98 Å². The number of halogens is 3. The first-order valence-electron chi connectivity index (χ1n) is 10.4. The van der Waals surface area contributed by atoms with Gasteiger partial charge in [0.1, 0.15) is 11.6 Å². The number of hydrogen-bond donors (Lipinski definition) is 1. The number of pyridine rings is 1. The van der Waals surface area contributed by atoms with E-state index in [0.717, 1.165) is 12.0 Å². The van der Waals surface area contributed by atoms with Gasteiger partial charge in [0.25, 0.3) is 0 Å². The highest BCUT2D eigenvalue weighted by Gasteiger charge is 2.49. The SMILES string of the molecule is NC1=N[C@@](c2ccc(OC(F)F)cc2)(c2cccc(-c3cccnc3F)c2)C2=NCCCN12. The van der Waals surface area contributed by atoms with Gasteiger partial charge in [0.2, 0.25) is 5.95 Å². The van der Waals surface area contributed by atoms with E-state index < -0.39 is 18.1 Å². The molecule has 3 aromatic rings. The molecule has 2 aromatic carbocycles. The molecule has 1 aromatic heterocycles. The number of nitrogens with zero attached hydrogens (tertiary/aromatic N) is 4. The number of amidine groups is 1. The third-order valence-electron chi connectivity index (χ3n) is 5.79. The zero-order valence-electron chi connectivity index (χ0n) is 17.5. The third-order valence-corrected chi connectivity index (χ3v) is 5.79. The number of benzene rings is 2. The van der Waals surface area contributed by atoms with Gasteiger partial charge in [-0.3, -0.25) is 9.89 Å². The monoisotopic (exact) mass is 451 g/mol. The van der Waals surface area contributed by atoms with Crippen LogP contribution < -0.4 is 10.5 Å². The molecule has 9 heteroatoms. The molecule has 2 N–H and O–H groups in total. The number of rotatable bonds is 5. The Bertz CT molecular complexity index is 1240. The van der Waals surface area contributed by atoms with E-state index in [1.54, 1.807) is 30.3 Å². The predicted octanol–water partition coefficient (Wildman–Crippen LogP) is 4.17. The molecule has 0 unspecified atom stereocenters. The summed E-state index contributed by atoms with van der Waals surface area (Å²) in [6.45, 7) is -1.64. The minimum atomic E-state index is -2.92. The minimum absolute atomic E-state index is 0.0347. The van der Waals surface area contributed by atoms with Crippen LogP contribution in [0.2, 0.25) is 0 Å². The maximum absolute atomic E-state index is 14.4. The van der Waals surface area contributed by atoms with E-state index in [1.807, 2.05) is 23.1 Å². The molecule has 2 aliphatic heterocycles. The van der Waals surface area contributed by atoms with E-state index in [1.165, 1.54) is 18.3 Å². The van der Waals surface area contributed by atoms with E-state index >= 15 is 0 Å². The summed E-state index contributed by atoms with van der Waals surface area (Å²) < 4.78 is 44.2. The quantitative estimate of drug-likeness (QED) is 0.591. The summed E-state index contributed by atoms with van der Waals surface area (Å²) in [5.41, 5.74) is 7.58. The molecular formula is C24H20F3N5O. The summed E-state index contributed by atoms with van der Waals surface area (Å²) in [5, 5.41) is 0. The number of hydrogen-bond acceptors (Lipinski definition) is 6. The van der Waals surface area contributed by atoms with Crippen molar-refractivity contribution in [1.29, 1.82) is 0 Å². The van der Waals surface area contributed by atoms with Crippen LogP contribution in [0.15, 0.2) is 76.8 Å². The molecule has 0 amide bonds. The van der Waals surface area contributed by atoms with Crippen molar-refractivity contribution in [2.75, 3.05) is 13.1 Å². The van der Waals surface area contributed by atoms with Crippen LogP contribution in [0.25, 0.3) is 11.1 Å². The lowest BCUT2D eigenvalue weighted by molar-refractivity contribution is -0.0498. The Hall–Kier alpha value is -3.88. The Kier molecular flexibility index (Phi) is 5.24. The van der Waals surface area contributed by atoms with Gasteiger partial charge in [-0.05, 0) is 53.4 Å². The van der Waals surface area contributed by atoms with Gasteiger partial charge in [0, 0.05) is 24.8 Å². The fourth-order valence-electron chi connectivity index (χ4n) is 4.36. The fraction of sp³-hybridized carbons (Fsp3) is 0.208. The second-order valence-corrected chi connectivity index (χ2v) is 7.72. The average molecular weight is 451 g/mol. The number of guanidine groups is 1. The van der Waals surface area contributed by atoms with E-state index in [9.17, 15) is 13.2 Å². The lowest BCUT2D eigenvalue weighted by atomic mass is 9.81. The van der Waals surface area contributed by atoms with E-state index in [2.05, 4.69) is 9.72 Å². The maximum Gasteiger partial charge on any atom is 0.387 e. The van der Waals surface area contributed by atoms with Crippen LogP contribution in [0.4, 0.5) is 13.2 Å². The number of aliphatic imine (C=N–C) groups is 2. The molecule has 168 valence electrons. The van der Waals surface area contributed by atoms with E-state index in [4.69, 9.17) is 15.7 Å². The van der Waals surface area contributed by atoms with Crippen LogP contribution in [-0.2, 0) is 5.54 Å². The number of alkyl halides is 2. The minimum Gasteiger partial charge on any atom is -0.435 e. The Morgan fingerprint density at radius 3 is 2.61 bits per heavy atom. The van der Waals surface area contributed by atoms with Gasteiger partial charge in [-0.1, -0.05) is 30.3 Å². The lowest BCUT2D eigenvalue weighted by Gasteiger charge is -2.33. The van der Waals surface area contributed by atoms with Gasteiger partial charge in [0.15, 0.2) is 11.5 Å². The standard InChI is InChI=1S/C24H20F3N5O/c25-20-19(6-2-11-29-20)15-4-1-5-17(14-15)24(16-7-9-18(10-8-16)33-22(26)27)21-30-12-3-13-32(21)23(28)31-24/h1-2,4-11,14,22H,3,12-13H2,(H2,28,31)/t24-/m0/s1. The molecule has 0 saturated carbocycles. The van der Waals surface area contributed by atoms with Crippen LogP contribution in [-0.4, -0.2) is 41.4 Å². The molecule has 1 atom stereocenters. The van der Waals surface area contributed by atoms with Crippen molar-refractivity contribution in [1.82, 2.24) is 9.88 Å². The first-order chi connectivity index (χ1) is 16.0. The van der Waals surface area contributed by atoms with Gasteiger partial charge in [-0.15, -0.1) is 0 Å². The maximum atomic E-state index is 14.4. The van der Waals surface area contributed by atoms with E-state index in [-0.39, 0.29) is 5.75 Å². The molecule has 3 heterocycles. The van der Waals surface area contributed by atoms with Crippen LogP contribution in [0.3, 0.4) is 0 Å². The molecular weight excluding hydrogens is 431 g/mol. The Morgan fingerprint density at radius 1 is 1.03 bits per heavy atom. The van der Waals surface area contributed by atoms with Crippen molar-refractivity contribution in [2.45, 2.75) is 18.6 Å². The average Bonchev–Trinajstić information content (AvgIpc) is 3.13. The fourth-order valence-corrected chi connectivity index (χ4v) is 4.36. The van der Waals surface area contributed by atoms with Gasteiger partial charge in [-0.2, -0.15) is 13.2 Å². The zero-order chi connectivity index (χ0) is 23.0. The molecule has 0 fully saturated rings. The molecule has 5 rings (SSSR count). The van der Waals surface area contributed by atoms with Crippen molar-refractivity contribution in [2.24, 2.45) is 15.7 Å². The topological polar surface area (TPSA) is 76.1 Å². The molecule has 33 heavy (non-hydrogen) atoms. The largest absolute Gasteiger partial charge is 0.435 e. The summed E-state index contributed by atoms with van der Waals surface area (Å²) in [5.74, 6) is 0.424. The Labute approximate surface area is 188 Å². The second kappa shape index (κ2) is 8.23. The van der Waals surface area contributed by atoms with Crippen LogP contribution in [0, 0.1) is 5.95 Å². The van der Waals surface area contributed by atoms with Crippen molar-refractivity contribution >= 4 is 11.8 Å². The van der Waals surface area contributed by atoms with Crippen LogP contribution in [0.5, 0.6) is 5.75 Å². The van der Waals surface area contributed by atoms with Gasteiger partial charge in [0.05, 0.1) is 0 Å². The summed E-state index contributed by atoms with van der Waals surface area (Å²) >= 11 is 0. The summed E-state index contributed by atoms with van der Waals surface area (Å²) in [4.78, 5) is 15.2. The zero-order valence-corrected chi connectivity index (χ0v) is 17.5. The van der Waals surface area contributed by atoms with Gasteiger partial charge >= 0.3 is 6.61 Å². The number of ether oxygens (including phenoxy) is 1. The summed E-state index contributed by atoms with van der Waals surface area (Å²) in [6.07, 6.45) is 2.22. The van der Waals surface area contributed by atoms with Crippen LogP contribution >= 0.6 is 0 Å². The number of aromatic nitrogens is 1. The van der Waals surface area contributed by atoms with Crippen molar-refractivity contribution in [3.63, 3.8) is 0 Å². The molecule has 0 radical (unpaired) electrons. The first-order valence-corrected chi connectivity index (χ1v) is 10.4. The second-order valence-electron chi connectivity index (χ2n) is 7.72. The normalized spacial score (nSPS) is 19.8. The molecule has 6 nitrogen and oxygen atoms in total. The molecule has 0 spiro atoms. The first kappa shape index (κ1) is 21.0. The number of nitrogens with two attached hydrogens (primary N) is 1. The van der Waals surface area contributed by atoms with Gasteiger partial charge < -0.3 is 10.5 Å². The lowest BCUT2D eigenvalue weighted by Crippen LogP contribution is -2.46. The Morgan fingerprint density at radius 2 is 1.85 bits per heavy atom. The van der Waals surface area contributed by atoms with Crippen molar-refractivity contribution < 1.29 is 17.9 Å². The highest BCUT2D eigenvalue weighted by atomic mass is 19.3. The molecule has 0 bridgehead atoms. The summed E-state index contributed by atoms with van der Waals surface area (Å²) in [7, 11) is 0. The third kappa shape index (κ3) is 3.59. The molecule has 2 aliphatic rings. The summed E-state index contributed by atoms with van der Waals surface area (Å²) in [6, 6.07) is 16.9. The Balaban J connectivity index is 1.69. The van der Waals surface area contributed by atoms with Crippen LogP contribution in [0.1, 0.15) is 17.5 Å². The molecule has 0 aliphatic carbocycles. The molecule has 0 saturated heterocycles. The highest BCUT2D eigenvalue weighted by Crippen LogP contribution is 2.43. The predicted molar refractivity (Wildman–Crippen MR) is 119 cm³/mol. The van der Waals surface area contributed by atoms with E-state index in [0.29, 0.717) is 41.6 Å². The number of fused-ring (bicyclic) bond motifs is 1. The highest BCUT2D eigenvalue weighted by molar-refractivity contribution is 6.12. The van der Waals surface area contributed by atoms with Crippen molar-refractivity contribution in [3.05, 3.63) is 83.9 Å².